The van der Waals surface area contributed by atoms with E-state index in [9.17, 15) is 10.2 Å². The first kappa shape index (κ1) is 15.9. The van der Waals surface area contributed by atoms with Crippen molar-refractivity contribution in [2.75, 3.05) is 33.4 Å². The van der Waals surface area contributed by atoms with Gasteiger partial charge >= 0.3 is 0 Å². The Balaban J connectivity index is 2.30. The van der Waals surface area contributed by atoms with Crippen LogP contribution < -0.4 is 0 Å². The first-order chi connectivity index (χ1) is 8.23. The Kier molecular flexibility index (Phi) is 5.59. The molecule has 0 aromatic rings. The third-order valence-electron chi connectivity index (χ3n) is 3.77. The normalized spacial score (nSPS) is 22.2. The van der Waals surface area contributed by atoms with E-state index in [2.05, 4.69) is 4.90 Å². The van der Waals surface area contributed by atoms with Gasteiger partial charge in [0, 0.05) is 39.1 Å². The molecule has 0 aliphatic carbocycles. The molecule has 0 radical (unpaired) electrons. The topological polar surface area (TPSA) is 52.9 Å². The summed E-state index contributed by atoms with van der Waals surface area (Å²) in [5.74, 6) is 0. The highest BCUT2D eigenvalue weighted by Gasteiger charge is 2.31. The van der Waals surface area contributed by atoms with Gasteiger partial charge in [0.25, 0.3) is 0 Å². The van der Waals surface area contributed by atoms with E-state index in [-0.39, 0.29) is 11.5 Å². The molecule has 108 valence electrons. The summed E-state index contributed by atoms with van der Waals surface area (Å²) in [7, 11) is 2.00. The van der Waals surface area contributed by atoms with Crippen molar-refractivity contribution in [3.63, 3.8) is 0 Å². The van der Waals surface area contributed by atoms with Crippen LogP contribution >= 0.6 is 0 Å². The van der Waals surface area contributed by atoms with E-state index < -0.39 is 5.60 Å². The fourth-order valence-corrected chi connectivity index (χ4v) is 2.27. The molecule has 0 aromatic heterocycles. The van der Waals surface area contributed by atoms with Crippen LogP contribution in [0, 0.1) is 5.41 Å². The van der Waals surface area contributed by atoms with Crippen molar-refractivity contribution in [1.29, 1.82) is 0 Å². The van der Waals surface area contributed by atoms with Crippen molar-refractivity contribution in [3.8, 4) is 0 Å². The Bertz CT molecular complexity index is 244. The molecule has 1 heterocycles. The molecule has 0 aromatic carbocycles. The minimum absolute atomic E-state index is 0.0730. The molecule has 1 atom stereocenters. The number of rotatable bonds is 5. The van der Waals surface area contributed by atoms with Gasteiger partial charge < -0.3 is 19.8 Å². The average molecular weight is 259 g/mol. The largest absolute Gasteiger partial charge is 0.393 e. The van der Waals surface area contributed by atoms with Gasteiger partial charge in [0.15, 0.2) is 0 Å². The lowest BCUT2D eigenvalue weighted by molar-refractivity contribution is -0.0783. The van der Waals surface area contributed by atoms with Crippen molar-refractivity contribution in [3.05, 3.63) is 0 Å². The number of nitrogens with zero attached hydrogens (tertiary/aromatic N) is 1. The van der Waals surface area contributed by atoms with Crippen LogP contribution in [-0.4, -0.2) is 60.2 Å². The summed E-state index contributed by atoms with van der Waals surface area (Å²) < 4.78 is 5.27. The Hall–Kier alpha value is -0.160. The van der Waals surface area contributed by atoms with E-state index in [1.165, 1.54) is 0 Å². The molecule has 0 spiro atoms. The Morgan fingerprint density at radius 1 is 1.28 bits per heavy atom. The van der Waals surface area contributed by atoms with Gasteiger partial charge in [0.2, 0.25) is 0 Å². The fourth-order valence-electron chi connectivity index (χ4n) is 2.27. The van der Waals surface area contributed by atoms with Crippen molar-refractivity contribution in [2.24, 2.45) is 5.41 Å². The summed E-state index contributed by atoms with van der Waals surface area (Å²) in [6.45, 7) is 8.90. The van der Waals surface area contributed by atoms with Gasteiger partial charge in [0.1, 0.15) is 0 Å². The van der Waals surface area contributed by atoms with Crippen LogP contribution in [-0.2, 0) is 4.74 Å². The molecule has 0 saturated carbocycles. The van der Waals surface area contributed by atoms with Gasteiger partial charge in [-0.25, -0.2) is 0 Å². The van der Waals surface area contributed by atoms with Gasteiger partial charge in [-0.3, -0.25) is 0 Å². The molecule has 1 saturated heterocycles. The number of likely N-dealkylation sites (N-methyl/N-ethyl adjacent to an activating group) is 1. The molecule has 2 N–H and O–H groups in total. The number of hydrogen-bond donors (Lipinski definition) is 2. The highest BCUT2D eigenvalue weighted by atomic mass is 16.5. The maximum atomic E-state index is 10.4. The van der Waals surface area contributed by atoms with Crippen LogP contribution in [0.4, 0.5) is 0 Å². The zero-order chi connectivity index (χ0) is 13.8. The van der Waals surface area contributed by atoms with Gasteiger partial charge in [-0.05, 0) is 18.9 Å². The SMILES string of the molecule is CN(CCC(O)C(C)(C)C)CC1(O)CCOCC1. The molecule has 1 fully saturated rings. The summed E-state index contributed by atoms with van der Waals surface area (Å²) >= 11 is 0. The van der Waals surface area contributed by atoms with E-state index >= 15 is 0 Å². The second-order valence-electron chi connectivity index (χ2n) is 6.74. The van der Waals surface area contributed by atoms with E-state index in [4.69, 9.17) is 4.74 Å². The van der Waals surface area contributed by atoms with Crippen LogP contribution in [0.3, 0.4) is 0 Å². The maximum Gasteiger partial charge on any atom is 0.0817 e. The average Bonchev–Trinajstić information content (AvgIpc) is 2.24. The summed E-state index contributed by atoms with van der Waals surface area (Å²) in [6.07, 6.45) is 1.86. The molecular formula is C14H29NO3. The second kappa shape index (κ2) is 6.33. The maximum absolute atomic E-state index is 10.4. The highest BCUT2D eigenvalue weighted by molar-refractivity contribution is 4.84. The Morgan fingerprint density at radius 2 is 1.83 bits per heavy atom. The van der Waals surface area contributed by atoms with Crippen LogP contribution in [0.2, 0.25) is 0 Å². The van der Waals surface area contributed by atoms with Crippen LogP contribution in [0.25, 0.3) is 0 Å². The number of aliphatic hydroxyl groups excluding tert-OH is 1. The zero-order valence-corrected chi connectivity index (χ0v) is 12.3. The fraction of sp³-hybridized carbons (Fsp3) is 1.00. The third-order valence-corrected chi connectivity index (χ3v) is 3.77. The predicted octanol–water partition coefficient (Wildman–Crippen LogP) is 1.26. The Labute approximate surface area is 111 Å². The lowest BCUT2D eigenvalue weighted by atomic mass is 9.87. The minimum atomic E-state index is -0.611. The van der Waals surface area contributed by atoms with Gasteiger partial charge in [-0.15, -0.1) is 0 Å². The summed E-state index contributed by atoms with van der Waals surface area (Å²) in [4.78, 5) is 2.11. The van der Waals surface area contributed by atoms with Crippen LogP contribution in [0.5, 0.6) is 0 Å². The number of aliphatic hydroxyl groups is 2. The molecule has 1 unspecified atom stereocenters. The first-order valence-electron chi connectivity index (χ1n) is 6.90. The molecule has 1 aliphatic heterocycles. The molecular weight excluding hydrogens is 230 g/mol. The predicted molar refractivity (Wildman–Crippen MR) is 72.6 cm³/mol. The van der Waals surface area contributed by atoms with Crippen molar-refractivity contribution in [1.82, 2.24) is 4.90 Å². The van der Waals surface area contributed by atoms with E-state index in [1.807, 2.05) is 27.8 Å². The molecule has 4 heteroatoms. The Morgan fingerprint density at radius 3 is 2.33 bits per heavy atom. The highest BCUT2D eigenvalue weighted by Crippen LogP contribution is 2.23. The van der Waals surface area contributed by atoms with Crippen LogP contribution in [0.1, 0.15) is 40.0 Å². The van der Waals surface area contributed by atoms with Crippen molar-refractivity contribution >= 4 is 0 Å². The van der Waals surface area contributed by atoms with E-state index in [0.29, 0.717) is 32.6 Å². The molecule has 4 nitrogen and oxygen atoms in total. The second-order valence-corrected chi connectivity index (χ2v) is 6.74. The summed E-state index contributed by atoms with van der Waals surface area (Å²) in [5.41, 5.74) is -0.684. The molecule has 1 aliphatic rings. The zero-order valence-electron chi connectivity index (χ0n) is 12.3. The quantitative estimate of drug-likeness (QED) is 0.780. The van der Waals surface area contributed by atoms with Gasteiger partial charge in [-0.2, -0.15) is 0 Å². The van der Waals surface area contributed by atoms with E-state index in [0.717, 1.165) is 13.0 Å². The standard InChI is InChI=1S/C14H29NO3/c1-13(2,3)12(16)5-8-15(4)11-14(17)6-9-18-10-7-14/h12,16-17H,5-11H2,1-4H3. The first-order valence-corrected chi connectivity index (χ1v) is 6.90. The molecule has 0 amide bonds. The minimum Gasteiger partial charge on any atom is -0.393 e. The van der Waals surface area contributed by atoms with Crippen molar-refractivity contribution < 1.29 is 14.9 Å². The van der Waals surface area contributed by atoms with Crippen molar-refractivity contribution in [2.45, 2.75) is 51.7 Å². The molecule has 0 bridgehead atoms. The monoisotopic (exact) mass is 259 g/mol. The van der Waals surface area contributed by atoms with E-state index in [1.54, 1.807) is 0 Å². The number of hydrogen-bond acceptors (Lipinski definition) is 4. The van der Waals surface area contributed by atoms with Crippen LogP contribution in [0.15, 0.2) is 0 Å². The molecule has 1 rings (SSSR count). The summed E-state index contributed by atoms with van der Waals surface area (Å²) in [5, 5.41) is 20.4. The smallest absolute Gasteiger partial charge is 0.0817 e. The molecule has 18 heavy (non-hydrogen) atoms. The van der Waals surface area contributed by atoms with Gasteiger partial charge in [0.05, 0.1) is 11.7 Å². The lowest BCUT2D eigenvalue weighted by Gasteiger charge is -2.36. The summed E-state index contributed by atoms with van der Waals surface area (Å²) in [6, 6.07) is 0. The lowest BCUT2D eigenvalue weighted by Crippen LogP contribution is -2.46. The number of ether oxygens (including phenoxy) is 1. The third kappa shape index (κ3) is 5.22. The van der Waals surface area contributed by atoms with Gasteiger partial charge in [-0.1, -0.05) is 20.8 Å².